The van der Waals surface area contributed by atoms with Gasteiger partial charge < -0.3 is 39.0 Å². The maximum atomic E-state index is 13.7. The Kier molecular flexibility index (Phi) is 13.6. The van der Waals surface area contributed by atoms with Crippen LogP contribution in [-0.2, 0) is 32.0 Å². The first kappa shape index (κ1) is 38.5. The van der Waals surface area contributed by atoms with Crippen molar-refractivity contribution in [2.24, 2.45) is 5.92 Å². The Hall–Kier alpha value is -4.26. The normalized spacial score (nSPS) is 16.9. The van der Waals surface area contributed by atoms with Gasteiger partial charge in [0, 0.05) is 36.5 Å². The minimum atomic E-state index is -4.46. The van der Waals surface area contributed by atoms with Gasteiger partial charge in [0.15, 0.2) is 0 Å². The van der Waals surface area contributed by atoms with Crippen molar-refractivity contribution in [3.05, 3.63) is 47.9 Å². The number of aromatic nitrogens is 3. The molecule has 1 fully saturated rings. The number of benzene rings is 1. The number of alkyl carbamates (subject to hydrolysis) is 1. The Bertz CT molecular complexity index is 1640. The van der Waals surface area contributed by atoms with Gasteiger partial charge in [-0.3, -0.25) is 4.68 Å². The number of fused-ring (bicyclic) bond motifs is 1. The lowest BCUT2D eigenvalue weighted by atomic mass is 9.89. The molecule has 2 unspecified atom stereocenters. The second kappa shape index (κ2) is 17.6. The Morgan fingerprint density at radius 1 is 1.10 bits per heavy atom. The number of nitrogens with zero attached hydrogens (tertiary/aromatic N) is 4. The minimum absolute atomic E-state index is 0.0798. The van der Waals surface area contributed by atoms with Crippen LogP contribution in [0.15, 0.2) is 36.7 Å². The smallest absolute Gasteiger partial charge is 0.408 e. The third-order valence-electron chi connectivity index (χ3n) is 8.02. The molecule has 1 aliphatic heterocycles. The lowest BCUT2D eigenvalue weighted by molar-refractivity contribution is -0.140. The van der Waals surface area contributed by atoms with Gasteiger partial charge in [-0.1, -0.05) is 12.0 Å². The van der Waals surface area contributed by atoms with Gasteiger partial charge in [-0.05, 0) is 77.2 Å². The molecule has 3 heterocycles. The van der Waals surface area contributed by atoms with Crippen LogP contribution in [-0.4, -0.2) is 109 Å². The molecule has 1 aliphatic rings. The number of hydrogen-bond donors (Lipinski definition) is 2. The lowest BCUT2D eigenvalue weighted by Gasteiger charge is -2.38. The summed E-state index contributed by atoms with van der Waals surface area (Å²) < 4.78 is 65.2. The van der Waals surface area contributed by atoms with E-state index in [9.17, 15) is 22.8 Å². The topological polar surface area (TPSA) is 121 Å². The number of ether oxygens (including phenoxy) is 4. The number of esters is 1. The average Bonchev–Trinajstić information content (AvgIpc) is 3.65. The van der Waals surface area contributed by atoms with Crippen LogP contribution < -0.4 is 10.6 Å². The highest BCUT2D eigenvalue weighted by molar-refractivity contribution is 5.94. The van der Waals surface area contributed by atoms with Crippen LogP contribution >= 0.6 is 0 Å². The number of hydrogen-bond acceptors (Lipinski definition) is 9. The zero-order valence-corrected chi connectivity index (χ0v) is 29.3. The van der Waals surface area contributed by atoms with Crippen LogP contribution in [0.2, 0.25) is 0 Å². The maximum Gasteiger partial charge on any atom is 0.408 e. The summed E-state index contributed by atoms with van der Waals surface area (Å²) in [5, 5.41) is 10.9. The summed E-state index contributed by atoms with van der Waals surface area (Å²) in [6.07, 6.45) is -0.402. The van der Waals surface area contributed by atoms with Crippen LogP contribution in [0.5, 0.6) is 0 Å². The second-order valence-electron chi connectivity index (χ2n) is 13.2. The zero-order chi connectivity index (χ0) is 36.3. The van der Waals surface area contributed by atoms with E-state index < -0.39 is 30.4 Å². The summed E-state index contributed by atoms with van der Waals surface area (Å²) >= 11 is 0. The molecule has 4 rings (SSSR count). The van der Waals surface area contributed by atoms with E-state index in [1.54, 1.807) is 49.8 Å². The molecule has 1 aromatic carbocycles. The molecule has 274 valence electrons. The molecule has 1 amide bonds. The number of rotatable bonds is 14. The average molecular weight is 705 g/mol. The summed E-state index contributed by atoms with van der Waals surface area (Å²) in [6.45, 7) is 7.93. The molecular formula is C35H47F3N6O6. The fourth-order valence-corrected chi connectivity index (χ4v) is 5.75. The van der Waals surface area contributed by atoms with Crippen molar-refractivity contribution in [2.45, 2.75) is 64.5 Å². The Morgan fingerprint density at radius 2 is 1.86 bits per heavy atom. The third kappa shape index (κ3) is 12.0. The summed E-state index contributed by atoms with van der Waals surface area (Å²) in [5.41, 5.74) is 1.06. The zero-order valence-electron chi connectivity index (χ0n) is 29.3. The van der Waals surface area contributed by atoms with E-state index in [0.717, 1.165) is 36.2 Å². The van der Waals surface area contributed by atoms with Gasteiger partial charge in [0.25, 0.3) is 0 Å². The summed E-state index contributed by atoms with van der Waals surface area (Å²) in [5.74, 6) is 5.38. The predicted octanol–water partition coefficient (Wildman–Crippen LogP) is 4.92. The van der Waals surface area contributed by atoms with E-state index in [1.807, 2.05) is 6.07 Å². The third-order valence-corrected chi connectivity index (χ3v) is 8.02. The molecule has 3 aromatic rings. The predicted molar refractivity (Wildman–Crippen MR) is 182 cm³/mol. The summed E-state index contributed by atoms with van der Waals surface area (Å²) in [7, 11) is 3.40. The molecule has 2 aromatic heterocycles. The molecule has 50 heavy (non-hydrogen) atoms. The standard InChI is InChI=1S/C35H47F3N6O6/c1-34(2,3)50-33(46)39-13-7-8-27-20-28-30(9-6-10-31(28)44(27)24-35(36,37)38)41-29-11-14-42(4)22-25(29)12-16-48-18-19-49-17-15-43-23-26(21-40-43)32(45)47-5/h6,9-10,20-21,23,25,29,41H,11-19,22,24H2,1-5H3,(H,39,46). The van der Waals surface area contributed by atoms with Crippen molar-refractivity contribution in [3.8, 4) is 11.8 Å². The van der Waals surface area contributed by atoms with Gasteiger partial charge >= 0.3 is 18.2 Å². The van der Waals surface area contributed by atoms with Gasteiger partial charge in [0.1, 0.15) is 12.1 Å². The van der Waals surface area contributed by atoms with Crippen LogP contribution in [0.4, 0.5) is 23.7 Å². The van der Waals surface area contributed by atoms with E-state index >= 15 is 0 Å². The van der Waals surface area contributed by atoms with E-state index in [0.29, 0.717) is 49.4 Å². The molecule has 1 saturated heterocycles. The number of nitrogens with one attached hydrogen (secondary N) is 2. The quantitative estimate of drug-likeness (QED) is 0.137. The fourth-order valence-electron chi connectivity index (χ4n) is 5.75. The highest BCUT2D eigenvalue weighted by atomic mass is 19.4. The van der Waals surface area contributed by atoms with Crippen molar-refractivity contribution in [1.29, 1.82) is 0 Å². The van der Waals surface area contributed by atoms with E-state index in [1.165, 1.54) is 13.3 Å². The molecule has 2 N–H and O–H groups in total. The molecule has 0 radical (unpaired) electrons. The Balaban J connectivity index is 1.34. The monoisotopic (exact) mass is 704 g/mol. The Morgan fingerprint density at radius 3 is 2.58 bits per heavy atom. The van der Waals surface area contributed by atoms with E-state index in [-0.39, 0.29) is 24.2 Å². The molecule has 2 atom stereocenters. The summed E-state index contributed by atoms with van der Waals surface area (Å²) in [6, 6.07) is 7.04. The molecule has 0 bridgehead atoms. The maximum absolute atomic E-state index is 13.7. The number of likely N-dealkylation sites (tertiary alicyclic amines) is 1. The van der Waals surface area contributed by atoms with Crippen LogP contribution in [0.1, 0.15) is 49.7 Å². The number of halogens is 3. The number of methoxy groups -OCH3 is 1. The van der Waals surface area contributed by atoms with E-state index in [2.05, 4.69) is 44.3 Å². The van der Waals surface area contributed by atoms with Crippen molar-refractivity contribution in [2.75, 3.05) is 65.5 Å². The number of alkyl halides is 3. The summed E-state index contributed by atoms with van der Waals surface area (Å²) in [4.78, 5) is 25.8. The molecular weight excluding hydrogens is 657 g/mol. The highest BCUT2D eigenvalue weighted by Gasteiger charge is 2.31. The Labute approximate surface area is 290 Å². The highest BCUT2D eigenvalue weighted by Crippen LogP contribution is 2.32. The van der Waals surface area contributed by atoms with Crippen molar-refractivity contribution in [1.82, 2.24) is 24.6 Å². The number of piperidine rings is 1. The van der Waals surface area contributed by atoms with Crippen LogP contribution in [0, 0.1) is 17.8 Å². The molecule has 0 spiro atoms. The van der Waals surface area contributed by atoms with Gasteiger partial charge in [-0.15, -0.1) is 0 Å². The van der Waals surface area contributed by atoms with Crippen LogP contribution in [0.3, 0.4) is 0 Å². The minimum Gasteiger partial charge on any atom is -0.465 e. The number of amides is 1. The van der Waals surface area contributed by atoms with Gasteiger partial charge in [0.2, 0.25) is 0 Å². The fraction of sp³-hybridized carbons (Fsp3) is 0.571. The first-order valence-corrected chi connectivity index (χ1v) is 16.6. The van der Waals surface area contributed by atoms with Gasteiger partial charge in [-0.2, -0.15) is 18.3 Å². The van der Waals surface area contributed by atoms with Crippen LogP contribution in [0.25, 0.3) is 10.9 Å². The van der Waals surface area contributed by atoms with Gasteiger partial charge in [-0.25, -0.2) is 9.59 Å². The number of anilines is 1. The molecule has 12 nitrogen and oxygen atoms in total. The first-order valence-electron chi connectivity index (χ1n) is 16.6. The second-order valence-corrected chi connectivity index (χ2v) is 13.2. The molecule has 0 aliphatic carbocycles. The van der Waals surface area contributed by atoms with Gasteiger partial charge in [0.05, 0.1) is 63.0 Å². The first-order chi connectivity index (χ1) is 23.7. The number of carbonyl (C=O) groups excluding carboxylic acids is 2. The lowest BCUT2D eigenvalue weighted by Crippen LogP contribution is -2.45. The van der Waals surface area contributed by atoms with Crippen molar-refractivity contribution >= 4 is 28.7 Å². The van der Waals surface area contributed by atoms with E-state index in [4.69, 9.17) is 14.2 Å². The molecule has 15 heteroatoms. The van der Waals surface area contributed by atoms with Crippen molar-refractivity contribution < 1.29 is 41.7 Å². The number of carbonyl (C=O) groups is 2. The SMILES string of the molecule is COC(=O)c1cnn(CCOCCOCCC2CN(C)CCC2Nc2cccc3c2cc(C#CCNC(=O)OC(C)(C)C)n3CC(F)(F)F)c1. The van der Waals surface area contributed by atoms with Crippen molar-refractivity contribution in [3.63, 3.8) is 0 Å². The molecule has 0 saturated carbocycles. The largest absolute Gasteiger partial charge is 0.465 e.